The molecule has 2 heterocycles. The lowest BCUT2D eigenvalue weighted by Gasteiger charge is -2.23. The van der Waals surface area contributed by atoms with Crippen LogP contribution in [0.25, 0.3) is 0 Å². The molecule has 0 aliphatic carbocycles. The van der Waals surface area contributed by atoms with E-state index in [1.54, 1.807) is 18.3 Å². The maximum atomic E-state index is 12.4. The van der Waals surface area contributed by atoms with Gasteiger partial charge in [0.2, 0.25) is 10.0 Å². The Morgan fingerprint density at radius 1 is 1.50 bits per heavy atom. The van der Waals surface area contributed by atoms with Gasteiger partial charge >= 0.3 is 0 Å². The van der Waals surface area contributed by atoms with Gasteiger partial charge in [-0.25, -0.2) is 18.1 Å². The zero-order valence-electron chi connectivity index (χ0n) is 11.8. The zero-order chi connectivity index (χ0) is 14.6. The van der Waals surface area contributed by atoms with Crippen molar-refractivity contribution in [3.8, 4) is 0 Å². The van der Waals surface area contributed by atoms with E-state index in [1.807, 2.05) is 18.7 Å². The van der Waals surface area contributed by atoms with E-state index in [9.17, 15) is 8.42 Å². The molecule has 0 aromatic carbocycles. The van der Waals surface area contributed by atoms with Crippen molar-refractivity contribution in [2.24, 2.45) is 0 Å². The molecule has 2 N–H and O–H groups in total. The van der Waals surface area contributed by atoms with E-state index < -0.39 is 10.0 Å². The molecule has 1 aromatic rings. The smallest absolute Gasteiger partial charge is 0.244 e. The maximum Gasteiger partial charge on any atom is 0.244 e. The molecular weight excluding hydrogens is 294 g/mol. The SMILES string of the molecule is CCNc1ncccc1S(=O)(=O)NCC1(C)CCCS1. The molecular formula is C13H21N3O2S2. The van der Waals surface area contributed by atoms with Crippen LogP contribution in [0.2, 0.25) is 0 Å². The monoisotopic (exact) mass is 315 g/mol. The van der Waals surface area contributed by atoms with Crippen LogP contribution in [0.15, 0.2) is 23.2 Å². The topological polar surface area (TPSA) is 71.1 Å². The van der Waals surface area contributed by atoms with Crippen LogP contribution in [0.3, 0.4) is 0 Å². The highest BCUT2D eigenvalue weighted by molar-refractivity contribution is 8.01. The third-order valence-electron chi connectivity index (χ3n) is 3.34. The van der Waals surface area contributed by atoms with Crippen LogP contribution in [-0.4, -0.2) is 37.0 Å². The number of anilines is 1. The molecule has 1 aliphatic heterocycles. The van der Waals surface area contributed by atoms with Crippen LogP contribution < -0.4 is 10.0 Å². The summed E-state index contributed by atoms with van der Waals surface area (Å²) in [6.07, 6.45) is 3.79. The highest BCUT2D eigenvalue weighted by Crippen LogP contribution is 2.37. The summed E-state index contributed by atoms with van der Waals surface area (Å²) >= 11 is 1.84. The fourth-order valence-corrected chi connectivity index (χ4v) is 4.85. The maximum absolute atomic E-state index is 12.4. The summed E-state index contributed by atoms with van der Waals surface area (Å²) in [5.41, 5.74) is 0. The minimum absolute atomic E-state index is 0.00757. The van der Waals surface area contributed by atoms with Gasteiger partial charge in [0.25, 0.3) is 0 Å². The van der Waals surface area contributed by atoms with E-state index >= 15 is 0 Å². The highest BCUT2D eigenvalue weighted by atomic mass is 32.2. The van der Waals surface area contributed by atoms with Gasteiger partial charge in [-0.05, 0) is 44.6 Å². The third kappa shape index (κ3) is 3.65. The standard InChI is InChI=1S/C13H21N3O2S2/c1-3-14-12-11(6-4-8-15-12)20(17,18)16-10-13(2)7-5-9-19-13/h4,6,8,16H,3,5,7,9-10H2,1-2H3,(H,14,15). The zero-order valence-corrected chi connectivity index (χ0v) is 13.5. The number of hydrogen-bond donors (Lipinski definition) is 2. The van der Waals surface area contributed by atoms with Gasteiger partial charge in [-0.3, -0.25) is 0 Å². The van der Waals surface area contributed by atoms with Gasteiger partial charge in [0, 0.05) is 24.0 Å². The lowest BCUT2D eigenvalue weighted by molar-refractivity contribution is 0.552. The molecule has 0 spiro atoms. The second-order valence-corrected chi connectivity index (χ2v) is 8.52. The number of sulfonamides is 1. The van der Waals surface area contributed by atoms with Gasteiger partial charge < -0.3 is 5.32 Å². The summed E-state index contributed by atoms with van der Waals surface area (Å²) in [5.74, 6) is 1.51. The Morgan fingerprint density at radius 3 is 2.95 bits per heavy atom. The van der Waals surface area contributed by atoms with Crippen molar-refractivity contribution in [3.63, 3.8) is 0 Å². The van der Waals surface area contributed by atoms with E-state index in [-0.39, 0.29) is 9.64 Å². The Kier molecular flexibility index (Phi) is 4.93. The van der Waals surface area contributed by atoms with Gasteiger partial charge in [0.15, 0.2) is 0 Å². The quantitative estimate of drug-likeness (QED) is 0.841. The first-order valence-electron chi connectivity index (χ1n) is 6.79. The van der Waals surface area contributed by atoms with Crippen molar-refractivity contribution in [1.82, 2.24) is 9.71 Å². The van der Waals surface area contributed by atoms with Crippen molar-refractivity contribution in [1.29, 1.82) is 0 Å². The van der Waals surface area contributed by atoms with Crippen LogP contribution in [0, 0.1) is 0 Å². The minimum atomic E-state index is -3.53. The second-order valence-electron chi connectivity index (χ2n) is 5.11. The highest BCUT2D eigenvalue weighted by Gasteiger charge is 2.31. The number of nitrogens with one attached hydrogen (secondary N) is 2. The van der Waals surface area contributed by atoms with E-state index in [4.69, 9.17) is 0 Å². The summed E-state index contributed by atoms with van der Waals surface area (Å²) in [4.78, 5) is 4.31. The fourth-order valence-electron chi connectivity index (χ4n) is 2.21. The van der Waals surface area contributed by atoms with Crippen molar-refractivity contribution in [2.45, 2.75) is 36.3 Å². The largest absolute Gasteiger partial charge is 0.369 e. The average molecular weight is 315 g/mol. The predicted octanol–water partition coefficient (Wildman–Crippen LogP) is 2.08. The summed E-state index contributed by atoms with van der Waals surface area (Å²) in [5, 5.41) is 2.98. The van der Waals surface area contributed by atoms with Gasteiger partial charge in [-0.1, -0.05) is 0 Å². The molecule has 5 nitrogen and oxygen atoms in total. The van der Waals surface area contributed by atoms with Crippen LogP contribution >= 0.6 is 11.8 Å². The van der Waals surface area contributed by atoms with Crippen LogP contribution in [0.5, 0.6) is 0 Å². The first kappa shape index (κ1) is 15.6. The van der Waals surface area contributed by atoms with Gasteiger partial charge in [0.1, 0.15) is 10.7 Å². The molecule has 2 rings (SSSR count). The van der Waals surface area contributed by atoms with Crippen molar-refractivity contribution in [2.75, 3.05) is 24.2 Å². The lowest BCUT2D eigenvalue weighted by Crippen LogP contribution is -2.37. The van der Waals surface area contributed by atoms with E-state index in [0.29, 0.717) is 18.9 Å². The summed E-state index contributed by atoms with van der Waals surface area (Å²) in [6.45, 7) is 5.11. The molecule has 0 bridgehead atoms. The Morgan fingerprint density at radius 2 is 2.30 bits per heavy atom. The van der Waals surface area contributed by atoms with Crippen molar-refractivity contribution < 1.29 is 8.42 Å². The molecule has 1 aliphatic rings. The Labute approximate surface area is 125 Å². The molecule has 20 heavy (non-hydrogen) atoms. The van der Waals surface area contributed by atoms with Crippen LogP contribution in [0.1, 0.15) is 26.7 Å². The molecule has 0 radical (unpaired) electrons. The normalized spacial score (nSPS) is 22.9. The molecule has 1 fully saturated rings. The number of hydrogen-bond acceptors (Lipinski definition) is 5. The summed E-state index contributed by atoms with van der Waals surface area (Å²) in [6, 6.07) is 3.22. The van der Waals surface area contributed by atoms with Gasteiger partial charge in [-0.2, -0.15) is 11.8 Å². The van der Waals surface area contributed by atoms with E-state index in [1.165, 1.54) is 0 Å². The number of pyridine rings is 1. The number of aromatic nitrogens is 1. The van der Waals surface area contributed by atoms with Gasteiger partial charge in [0.05, 0.1) is 0 Å². The molecule has 0 amide bonds. The van der Waals surface area contributed by atoms with E-state index in [2.05, 4.69) is 21.9 Å². The van der Waals surface area contributed by atoms with Crippen molar-refractivity contribution >= 4 is 27.6 Å². The molecule has 1 unspecified atom stereocenters. The molecule has 112 valence electrons. The number of nitrogens with zero attached hydrogens (tertiary/aromatic N) is 1. The second kappa shape index (κ2) is 6.32. The minimum Gasteiger partial charge on any atom is -0.369 e. The molecule has 0 saturated carbocycles. The Hall–Kier alpha value is -0.790. The predicted molar refractivity (Wildman–Crippen MR) is 83.7 cm³/mol. The lowest BCUT2D eigenvalue weighted by atomic mass is 10.1. The first-order chi connectivity index (χ1) is 9.47. The number of rotatable bonds is 6. The van der Waals surface area contributed by atoms with Crippen LogP contribution in [0.4, 0.5) is 5.82 Å². The number of thioether (sulfide) groups is 1. The fraction of sp³-hybridized carbons (Fsp3) is 0.615. The summed E-state index contributed by atoms with van der Waals surface area (Å²) < 4.78 is 27.6. The molecule has 7 heteroatoms. The average Bonchev–Trinajstić information content (AvgIpc) is 2.85. The van der Waals surface area contributed by atoms with E-state index in [0.717, 1.165) is 18.6 Å². The molecule has 1 saturated heterocycles. The molecule has 1 aromatic heterocycles. The molecule has 1 atom stereocenters. The first-order valence-corrected chi connectivity index (χ1v) is 9.26. The Bertz CT molecular complexity index is 554. The van der Waals surface area contributed by atoms with Crippen molar-refractivity contribution in [3.05, 3.63) is 18.3 Å². The van der Waals surface area contributed by atoms with Gasteiger partial charge in [-0.15, -0.1) is 0 Å². The Balaban J connectivity index is 2.14. The van der Waals surface area contributed by atoms with Crippen LogP contribution in [-0.2, 0) is 10.0 Å². The summed E-state index contributed by atoms with van der Waals surface area (Å²) in [7, 11) is -3.53. The third-order valence-corrected chi connectivity index (χ3v) is 6.31.